The van der Waals surface area contributed by atoms with E-state index in [0.29, 0.717) is 6.54 Å². The van der Waals surface area contributed by atoms with Crippen LogP contribution in [0.3, 0.4) is 0 Å². The van der Waals surface area contributed by atoms with Gasteiger partial charge in [0.1, 0.15) is 0 Å². The van der Waals surface area contributed by atoms with Gasteiger partial charge in [-0.15, -0.1) is 12.4 Å². The highest BCUT2D eigenvalue weighted by Crippen LogP contribution is 2.15. The molecule has 106 valence electrons. The topological polar surface area (TPSA) is 50.4 Å². The highest BCUT2D eigenvalue weighted by Gasteiger charge is 2.22. The van der Waals surface area contributed by atoms with Crippen molar-refractivity contribution >= 4 is 18.3 Å². The first-order valence-electron chi connectivity index (χ1n) is 6.40. The standard InChI is InChI=1S/C14H20N2O2.ClH/c1-18-13(11-6-3-2-4-7-11)10-16-14(17)12-8-5-9-15-12;/h2-4,6-7,12-13,15H,5,8-10H2,1H3,(H,16,17);1H. The van der Waals surface area contributed by atoms with Crippen LogP contribution in [-0.2, 0) is 9.53 Å². The minimum Gasteiger partial charge on any atom is -0.375 e. The molecule has 2 unspecified atom stereocenters. The number of carbonyl (C=O) groups is 1. The Hall–Kier alpha value is -1.10. The van der Waals surface area contributed by atoms with Crippen molar-refractivity contribution in [2.45, 2.75) is 25.0 Å². The molecule has 1 aromatic rings. The Balaban J connectivity index is 0.00000180. The summed E-state index contributed by atoms with van der Waals surface area (Å²) in [4.78, 5) is 11.9. The number of carbonyl (C=O) groups excluding carboxylic acids is 1. The quantitative estimate of drug-likeness (QED) is 0.865. The first kappa shape index (κ1) is 16.0. The van der Waals surface area contributed by atoms with E-state index >= 15 is 0 Å². The summed E-state index contributed by atoms with van der Waals surface area (Å²) in [6.07, 6.45) is 1.91. The number of hydrogen-bond acceptors (Lipinski definition) is 3. The monoisotopic (exact) mass is 284 g/mol. The molecule has 4 nitrogen and oxygen atoms in total. The lowest BCUT2D eigenvalue weighted by molar-refractivity contribution is -0.123. The molecule has 0 spiro atoms. The van der Waals surface area contributed by atoms with E-state index in [1.807, 2.05) is 30.3 Å². The molecule has 0 saturated carbocycles. The van der Waals surface area contributed by atoms with Crippen molar-refractivity contribution in [3.05, 3.63) is 35.9 Å². The smallest absolute Gasteiger partial charge is 0.237 e. The molecule has 0 aromatic heterocycles. The van der Waals surface area contributed by atoms with E-state index in [2.05, 4.69) is 10.6 Å². The van der Waals surface area contributed by atoms with Gasteiger partial charge in [0.05, 0.1) is 12.1 Å². The van der Waals surface area contributed by atoms with E-state index in [1.165, 1.54) is 0 Å². The molecule has 1 saturated heterocycles. The zero-order valence-electron chi connectivity index (χ0n) is 11.1. The number of rotatable bonds is 5. The van der Waals surface area contributed by atoms with Gasteiger partial charge >= 0.3 is 0 Å². The van der Waals surface area contributed by atoms with Crippen molar-refractivity contribution in [1.82, 2.24) is 10.6 Å². The SMILES string of the molecule is COC(CNC(=O)C1CCCN1)c1ccccc1.Cl. The zero-order chi connectivity index (χ0) is 12.8. The number of benzene rings is 1. The molecule has 0 aliphatic carbocycles. The van der Waals surface area contributed by atoms with E-state index in [0.717, 1.165) is 24.9 Å². The highest BCUT2D eigenvalue weighted by atomic mass is 35.5. The fourth-order valence-electron chi connectivity index (χ4n) is 2.23. The second-order valence-electron chi connectivity index (χ2n) is 4.53. The summed E-state index contributed by atoms with van der Waals surface area (Å²) in [6.45, 7) is 1.45. The summed E-state index contributed by atoms with van der Waals surface area (Å²) in [6, 6.07) is 9.90. The largest absolute Gasteiger partial charge is 0.375 e. The van der Waals surface area contributed by atoms with Gasteiger partial charge in [0, 0.05) is 13.7 Å². The normalized spacial score (nSPS) is 19.5. The third-order valence-electron chi connectivity index (χ3n) is 3.29. The minimum absolute atomic E-state index is 0. The number of amides is 1. The lowest BCUT2D eigenvalue weighted by atomic mass is 10.1. The van der Waals surface area contributed by atoms with Crippen LogP contribution in [0.15, 0.2) is 30.3 Å². The van der Waals surface area contributed by atoms with Gasteiger partial charge in [-0.05, 0) is 24.9 Å². The van der Waals surface area contributed by atoms with Crippen LogP contribution in [-0.4, -0.2) is 32.1 Å². The molecule has 1 heterocycles. The summed E-state index contributed by atoms with van der Waals surface area (Å²) in [5, 5.41) is 6.13. The molecule has 1 aliphatic heterocycles. The Morgan fingerprint density at radius 3 is 2.79 bits per heavy atom. The van der Waals surface area contributed by atoms with E-state index in [9.17, 15) is 4.79 Å². The molecular weight excluding hydrogens is 264 g/mol. The maximum atomic E-state index is 11.9. The third kappa shape index (κ3) is 4.49. The first-order chi connectivity index (χ1) is 8.81. The summed E-state index contributed by atoms with van der Waals surface area (Å²) in [7, 11) is 1.66. The second kappa shape index (κ2) is 8.15. The van der Waals surface area contributed by atoms with Gasteiger partial charge in [0.25, 0.3) is 0 Å². The van der Waals surface area contributed by atoms with E-state index in [-0.39, 0.29) is 30.5 Å². The van der Waals surface area contributed by atoms with Crippen LogP contribution in [0, 0.1) is 0 Å². The number of nitrogens with one attached hydrogen (secondary N) is 2. The number of ether oxygens (including phenoxy) is 1. The van der Waals surface area contributed by atoms with Gasteiger partial charge in [0.2, 0.25) is 5.91 Å². The second-order valence-corrected chi connectivity index (χ2v) is 4.53. The van der Waals surface area contributed by atoms with Crippen LogP contribution < -0.4 is 10.6 Å². The fraction of sp³-hybridized carbons (Fsp3) is 0.500. The maximum absolute atomic E-state index is 11.9. The molecule has 1 aromatic carbocycles. The summed E-state index contributed by atoms with van der Waals surface area (Å²) >= 11 is 0. The Bertz CT molecular complexity index is 380. The molecule has 1 aliphatic rings. The van der Waals surface area contributed by atoms with Gasteiger partial charge in [0.15, 0.2) is 0 Å². The molecule has 2 rings (SSSR count). The average Bonchev–Trinajstić information content (AvgIpc) is 2.94. The molecule has 2 atom stereocenters. The van der Waals surface area contributed by atoms with Gasteiger partial charge in [-0.3, -0.25) is 4.79 Å². The molecule has 5 heteroatoms. The molecule has 1 amide bonds. The lowest BCUT2D eigenvalue weighted by Crippen LogP contribution is -2.42. The third-order valence-corrected chi connectivity index (χ3v) is 3.29. The molecular formula is C14H21ClN2O2. The van der Waals surface area contributed by atoms with Gasteiger partial charge in [-0.1, -0.05) is 30.3 Å². The van der Waals surface area contributed by atoms with E-state index < -0.39 is 0 Å². The maximum Gasteiger partial charge on any atom is 0.237 e. The van der Waals surface area contributed by atoms with Crippen molar-refractivity contribution in [2.75, 3.05) is 20.2 Å². The molecule has 19 heavy (non-hydrogen) atoms. The van der Waals surface area contributed by atoms with Crippen LogP contribution in [0.1, 0.15) is 24.5 Å². The minimum atomic E-state index is -0.0865. The number of hydrogen-bond donors (Lipinski definition) is 2. The van der Waals surface area contributed by atoms with Crippen molar-refractivity contribution in [3.63, 3.8) is 0 Å². The Kier molecular flexibility index (Phi) is 6.84. The summed E-state index contributed by atoms with van der Waals surface area (Å²) in [5.74, 6) is 0.0745. The highest BCUT2D eigenvalue weighted by molar-refractivity contribution is 5.85. The predicted molar refractivity (Wildman–Crippen MR) is 77.5 cm³/mol. The van der Waals surface area contributed by atoms with E-state index in [4.69, 9.17) is 4.74 Å². The average molecular weight is 285 g/mol. The van der Waals surface area contributed by atoms with Crippen LogP contribution in [0.4, 0.5) is 0 Å². The van der Waals surface area contributed by atoms with Crippen molar-refractivity contribution in [2.24, 2.45) is 0 Å². The van der Waals surface area contributed by atoms with Crippen molar-refractivity contribution < 1.29 is 9.53 Å². The first-order valence-corrected chi connectivity index (χ1v) is 6.40. The van der Waals surface area contributed by atoms with Crippen LogP contribution >= 0.6 is 12.4 Å². The molecule has 0 radical (unpaired) electrons. The molecule has 0 bridgehead atoms. The van der Waals surface area contributed by atoms with Gasteiger partial charge in [-0.2, -0.15) is 0 Å². The van der Waals surface area contributed by atoms with Gasteiger partial charge in [-0.25, -0.2) is 0 Å². The number of methoxy groups -OCH3 is 1. The summed E-state index contributed by atoms with van der Waals surface area (Å²) < 4.78 is 5.41. The zero-order valence-corrected chi connectivity index (χ0v) is 11.9. The lowest BCUT2D eigenvalue weighted by Gasteiger charge is -2.18. The Morgan fingerprint density at radius 2 is 2.21 bits per heavy atom. The van der Waals surface area contributed by atoms with Crippen molar-refractivity contribution in [3.8, 4) is 0 Å². The van der Waals surface area contributed by atoms with Crippen LogP contribution in [0.5, 0.6) is 0 Å². The predicted octanol–water partition coefficient (Wildman–Crippen LogP) is 1.66. The molecule has 1 fully saturated rings. The van der Waals surface area contributed by atoms with Gasteiger partial charge < -0.3 is 15.4 Å². The van der Waals surface area contributed by atoms with Crippen LogP contribution in [0.2, 0.25) is 0 Å². The Morgan fingerprint density at radius 1 is 1.47 bits per heavy atom. The van der Waals surface area contributed by atoms with E-state index in [1.54, 1.807) is 7.11 Å². The Labute approximate surface area is 120 Å². The van der Waals surface area contributed by atoms with Crippen molar-refractivity contribution in [1.29, 1.82) is 0 Å². The molecule has 2 N–H and O–H groups in total. The fourth-order valence-corrected chi connectivity index (χ4v) is 2.23. The number of halogens is 1. The summed E-state index contributed by atoms with van der Waals surface area (Å²) in [5.41, 5.74) is 1.08. The van der Waals surface area contributed by atoms with Crippen LogP contribution in [0.25, 0.3) is 0 Å².